The van der Waals surface area contributed by atoms with Crippen molar-refractivity contribution in [3.8, 4) is 6.07 Å². The van der Waals surface area contributed by atoms with Crippen molar-refractivity contribution in [2.75, 3.05) is 26.8 Å². The van der Waals surface area contributed by atoms with E-state index in [1.54, 1.807) is 18.1 Å². The first-order valence-electron chi connectivity index (χ1n) is 6.05. The highest BCUT2D eigenvalue weighted by Gasteiger charge is 2.17. The topological polar surface area (TPSA) is 53.3 Å². The quantitative estimate of drug-likeness (QED) is 0.812. The van der Waals surface area contributed by atoms with E-state index >= 15 is 0 Å². The van der Waals surface area contributed by atoms with Crippen LogP contribution < -0.4 is 0 Å². The Bertz CT molecular complexity index is 483. The van der Waals surface area contributed by atoms with Crippen LogP contribution in [-0.4, -0.2) is 37.6 Å². The van der Waals surface area contributed by atoms with Gasteiger partial charge in [-0.2, -0.15) is 5.26 Å². The highest BCUT2D eigenvalue weighted by Crippen LogP contribution is 2.16. The van der Waals surface area contributed by atoms with Gasteiger partial charge in [0.25, 0.3) is 5.91 Å². The van der Waals surface area contributed by atoms with Crippen molar-refractivity contribution < 1.29 is 9.53 Å². The first kappa shape index (κ1) is 15.5. The first-order valence-corrected chi connectivity index (χ1v) is 6.49. The van der Waals surface area contributed by atoms with Gasteiger partial charge in [-0.15, -0.1) is 12.6 Å². The number of hydrogen-bond acceptors (Lipinski definition) is 4. The molecule has 1 amide bonds. The molecule has 1 rings (SSSR count). The lowest BCUT2D eigenvalue weighted by Gasteiger charge is -2.22. The van der Waals surface area contributed by atoms with Crippen molar-refractivity contribution in [2.45, 2.75) is 18.2 Å². The van der Waals surface area contributed by atoms with Crippen LogP contribution in [-0.2, 0) is 4.74 Å². The molecule has 0 spiro atoms. The second-order valence-corrected chi connectivity index (χ2v) is 4.71. The van der Waals surface area contributed by atoms with Crippen LogP contribution in [0.1, 0.15) is 22.3 Å². The van der Waals surface area contributed by atoms with E-state index in [2.05, 4.69) is 18.7 Å². The fourth-order valence-electron chi connectivity index (χ4n) is 1.71. The third-order valence-electron chi connectivity index (χ3n) is 2.80. The third-order valence-corrected chi connectivity index (χ3v) is 3.08. The number of methoxy groups -OCH3 is 1. The first-order chi connectivity index (χ1) is 9.10. The second-order valence-electron chi connectivity index (χ2n) is 4.19. The molecule has 0 aliphatic rings. The van der Waals surface area contributed by atoms with Gasteiger partial charge in [0, 0.05) is 30.7 Å². The SMILES string of the molecule is COCCN(CCC#N)C(=O)c1cc(S)ccc1C. The van der Waals surface area contributed by atoms with Gasteiger partial charge in [0.05, 0.1) is 19.1 Å². The highest BCUT2D eigenvalue weighted by molar-refractivity contribution is 7.80. The molecule has 5 heteroatoms. The molecule has 0 aliphatic heterocycles. The molecule has 1 aromatic rings. The van der Waals surface area contributed by atoms with Crippen molar-refractivity contribution in [2.24, 2.45) is 0 Å². The van der Waals surface area contributed by atoms with Crippen LogP contribution in [0.5, 0.6) is 0 Å². The van der Waals surface area contributed by atoms with E-state index < -0.39 is 0 Å². The smallest absolute Gasteiger partial charge is 0.254 e. The van der Waals surface area contributed by atoms with Crippen molar-refractivity contribution in [3.05, 3.63) is 29.3 Å². The maximum Gasteiger partial charge on any atom is 0.254 e. The molecule has 0 heterocycles. The summed E-state index contributed by atoms with van der Waals surface area (Å²) >= 11 is 4.26. The standard InChI is InChI=1S/C14H18N2O2S/c1-11-4-5-12(19)10-13(11)14(17)16(7-3-6-15)8-9-18-2/h4-5,10,19H,3,7-9H2,1-2H3. The molecule has 19 heavy (non-hydrogen) atoms. The fourth-order valence-corrected chi connectivity index (χ4v) is 1.92. The number of aryl methyl sites for hydroxylation is 1. The molecule has 0 bridgehead atoms. The van der Waals surface area contributed by atoms with E-state index in [0.29, 0.717) is 31.7 Å². The minimum Gasteiger partial charge on any atom is -0.383 e. The van der Waals surface area contributed by atoms with E-state index in [1.807, 2.05) is 19.1 Å². The molecule has 0 saturated carbocycles. The summed E-state index contributed by atoms with van der Waals surface area (Å²) < 4.78 is 5.00. The van der Waals surface area contributed by atoms with Crippen LogP contribution in [0.3, 0.4) is 0 Å². The lowest BCUT2D eigenvalue weighted by atomic mass is 10.1. The Kier molecular flexibility index (Phi) is 6.40. The Labute approximate surface area is 119 Å². The van der Waals surface area contributed by atoms with Gasteiger partial charge >= 0.3 is 0 Å². The Morgan fingerprint density at radius 1 is 1.47 bits per heavy atom. The number of thiol groups is 1. The maximum atomic E-state index is 12.5. The summed E-state index contributed by atoms with van der Waals surface area (Å²) in [5.74, 6) is -0.0827. The van der Waals surface area contributed by atoms with E-state index in [4.69, 9.17) is 10.00 Å². The highest BCUT2D eigenvalue weighted by atomic mass is 32.1. The number of hydrogen-bond donors (Lipinski definition) is 1. The molecule has 4 nitrogen and oxygen atoms in total. The summed E-state index contributed by atoms with van der Waals surface area (Å²) in [5.41, 5.74) is 1.53. The Hall–Kier alpha value is -1.51. The molecule has 0 atom stereocenters. The van der Waals surface area contributed by atoms with Crippen LogP contribution in [0.25, 0.3) is 0 Å². The monoisotopic (exact) mass is 278 g/mol. The van der Waals surface area contributed by atoms with Crippen molar-refractivity contribution >= 4 is 18.5 Å². The van der Waals surface area contributed by atoms with Gasteiger partial charge in [0.1, 0.15) is 0 Å². The molecular weight excluding hydrogens is 260 g/mol. The van der Waals surface area contributed by atoms with Gasteiger partial charge < -0.3 is 9.64 Å². The summed E-state index contributed by atoms with van der Waals surface area (Å²) in [6, 6.07) is 7.53. The number of amides is 1. The molecule has 0 unspecified atom stereocenters. The minimum atomic E-state index is -0.0827. The van der Waals surface area contributed by atoms with Gasteiger partial charge in [-0.3, -0.25) is 4.79 Å². The number of ether oxygens (including phenoxy) is 1. The van der Waals surface area contributed by atoms with Gasteiger partial charge in [-0.1, -0.05) is 6.07 Å². The van der Waals surface area contributed by atoms with E-state index in [1.165, 1.54) is 0 Å². The van der Waals surface area contributed by atoms with E-state index in [9.17, 15) is 4.79 Å². The zero-order valence-corrected chi connectivity index (χ0v) is 12.1. The van der Waals surface area contributed by atoms with Crippen molar-refractivity contribution in [1.82, 2.24) is 4.90 Å². The molecular formula is C14H18N2O2S. The van der Waals surface area contributed by atoms with Gasteiger partial charge in [-0.05, 0) is 24.6 Å². The molecule has 1 aromatic carbocycles. The fraction of sp³-hybridized carbons (Fsp3) is 0.429. The number of nitrogens with zero attached hydrogens (tertiary/aromatic N) is 2. The average Bonchev–Trinajstić information content (AvgIpc) is 2.41. The average molecular weight is 278 g/mol. The summed E-state index contributed by atoms with van der Waals surface area (Å²) in [4.78, 5) is 14.8. The largest absolute Gasteiger partial charge is 0.383 e. The van der Waals surface area contributed by atoms with Gasteiger partial charge in [0.15, 0.2) is 0 Å². The van der Waals surface area contributed by atoms with Gasteiger partial charge in [0.2, 0.25) is 0 Å². The molecule has 0 radical (unpaired) electrons. The van der Waals surface area contributed by atoms with E-state index in [0.717, 1.165) is 10.5 Å². The zero-order chi connectivity index (χ0) is 14.3. The number of carbonyl (C=O) groups is 1. The van der Waals surface area contributed by atoms with Crippen molar-refractivity contribution in [3.63, 3.8) is 0 Å². The molecule has 102 valence electrons. The number of benzene rings is 1. The Morgan fingerprint density at radius 3 is 2.84 bits per heavy atom. The summed E-state index contributed by atoms with van der Waals surface area (Å²) in [6.45, 7) is 3.23. The van der Waals surface area contributed by atoms with Crippen LogP contribution in [0.2, 0.25) is 0 Å². The predicted octanol–water partition coefficient (Wildman–Crippen LogP) is 2.29. The Morgan fingerprint density at radius 2 is 2.21 bits per heavy atom. The molecule has 0 aromatic heterocycles. The van der Waals surface area contributed by atoms with Crippen LogP contribution in [0.15, 0.2) is 23.1 Å². The molecule has 0 aliphatic carbocycles. The van der Waals surface area contributed by atoms with Crippen LogP contribution in [0, 0.1) is 18.3 Å². The maximum absolute atomic E-state index is 12.5. The summed E-state index contributed by atoms with van der Waals surface area (Å²) in [7, 11) is 1.59. The minimum absolute atomic E-state index is 0.0827. The van der Waals surface area contributed by atoms with Crippen LogP contribution >= 0.6 is 12.6 Å². The molecule has 0 N–H and O–H groups in total. The third kappa shape index (κ3) is 4.58. The number of carbonyl (C=O) groups excluding carboxylic acids is 1. The summed E-state index contributed by atoms with van der Waals surface area (Å²) in [6.07, 6.45) is 0.315. The molecule has 0 saturated heterocycles. The lowest BCUT2D eigenvalue weighted by molar-refractivity contribution is 0.0699. The molecule has 0 fully saturated rings. The summed E-state index contributed by atoms with van der Waals surface area (Å²) in [5, 5.41) is 8.66. The predicted molar refractivity (Wildman–Crippen MR) is 76.4 cm³/mol. The number of rotatable bonds is 6. The normalized spacial score (nSPS) is 10.0. The van der Waals surface area contributed by atoms with Gasteiger partial charge in [-0.25, -0.2) is 0 Å². The van der Waals surface area contributed by atoms with Crippen molar-refractivity contribution in [1.29, 1.82) is 5.26 Å². The second kappa shape index (κ2) is 7.82. The number of nitriles is 1. The zero-order valence-electron chi connectivity index (χ0n) is 11.2. The lowest BCUT2D eigenvalue weighted by Crippen LogP contribution is -2.35. The van der Waals surface area contributed by atoms with Crippen LogP contribution in [0.4, 0.5) is 0 Å². The van der Waals surface area contributed by atoms with E-state index in [-0.39, 0.29) is 5.91 Å². The Balaban J connectivity index is 2.91.